The van der Waals surface area contributed by atoms with Gasteiger partial charge in [-0.1, -0.05) is 26.0 Å². The highest BCUT2D eigenvalue weighted by Crippen LogP contribution is 2.20. The lowest BCUT2D eigenvalue weighted by Gasteiger charge is -2.26. The number of carbonyl (C=O) groups excluding carboxylic acids is 1. The first-order valence-corrected chi connectivity index (χ1v) is 10.1. The number of hydrogen-bond donors (Lipinski definition) is 2. The van der Waals surface area contributed by atoms with Gasteiger partial charge in [-0.2, -0.15) is 0 Å². The topological polar surface area (TPSA) is 53.6 Å². The Bertz CT molecular complexity index is 800. The highest BCUT2D eigenvalue weighted by atomic mass is 32.1. The molecule has 0 aromatic heterocycles. The van der Waals surface area contributed by atoms with Crippen molar-refractivity contribution in [2.75, 3.05) is 36.9 Å². The van der Waals surface area contributed by atoms with Gasteiger partial charge in [0.05, 0.1) is 13.2 Å². The van der Waals surface area contributed by atoms with Crippen LogP contribution in [0.1, 0.15) is 42.1 Å². The fourth-order valence-corrected chi connectivity index (χ4v) is 3.30. The summed E-state index contributed by atoms with van der Waals surface area (Å²) in [5.74, 6) is 0.592. The van der Waals surface area contributed by atoms with Crippen LogP contribution in [0.4, 0.5) is 11.4 Å². The first-order valence-electron chi connectivity index (χ1n) is 9.72. The van der Waals surface area contributed by atoms with Crippen LogP contribution in [0.5, 0.6) is 0 Å². The monoisotopic (exact) mass is 397 g/mol. The number of amides is 1. The molecule has 0 bridgehead atoms. The number of thiocarbonyl (C=S) groups is 1. The smallest absolute Gasteiger partial charge is 0.254 e. The van der Waals surface area contributed by atoms with Crippen molar-refractivity contribution in [2.24, 2.45) is 0 Å². The first-order chi connectivity index (χ1) is 13.6. The van der Waals surface area contributed by atoms with Crippen molar-refractivity contribution in [3.05, 3.63) is 59.7 Å². The summed E-state index contributed by atoms with van der Waals surface area (Å²) in [4.78, 5) is 14.3. The van der Waals surface area contributed by atoms with Gasteiger partial charge in [0.25, 0.3) is 5.91 Å². The Labute approximate surface area is 172 Å². The zero-order valence-corrected chi connectivity index (χ0v) is 17.2. The van der Waals surface area contributed by atoms with Crippen LogP contribution in [0, 0.1) is 0 Å². The van der Waals surface area contributed by atoms with Crippen molar-refractivity contribution in [2.45, 2.75) is 26.2 Å². The van der Waals surface area contributed by atoms with Gasteiger partial charge in [0.2, 0.25) is 0 Å². The van der Waals surface area contributed by atoms with Crippen molar-refractivity contribution in [1.82, 2.24) is 4.90 Å². The Hall–Kier alpha value is -2.44. The molecule has 6 heteroatoms. The van der Waals surface area contributed by atoms with E-state index in [4.69, 9.17) is 17.0 Å². The summed E-state index contributed by atoms with van der Waals surface area (Å²) < 4.78 is 5.30. The summed E-state index contributed by atoms with van der Waals surface area (Å²) in [6, 6.07) is 15.7. The van der Waals surface area contributed by atoms with E-state index in [-0.39, 0.29) is 5.91 Å². The molecule has 0 spiro atoms. The van der Waals surface area contributed by atoms with E-state index in [1.165, 1.54) is 5.56 Å². The summed E-state index contributed by atoms with van der Waals surface area (Å²) >= 11 is 5.40. The fourth-order valence-electron chi connectivity index (χ4n) is 3.07. The zero-order chi connectivity index (χ0) is 19.9. The number of carbonyl (C=O) groups is 1. The van der Waals surface area contributed by atoms with Crippen molar-refractivity contribution in [3.8, 4) is 0 Å². The molecule has 3 rings (SSSR count). The molecule has 1 fully saturated rings. The van der Waals surface area contributed by atoms with Crippen molar-refractivity contribution in [3.63, 3.8) is 0 Å². The molecule has 28 heavy (non-hydrogen) atoms. The summed E-state index contributed by atoms with van der Waals surface area (Å²) in [7, 11) is 0. The molecule has 1 saturated heterocycles. The van der Waals surface area contributed by atoms with Gasteiger partial charge in [-0.05, 0) is 66.5 Å². The van der Waals surface area contributed by atoms with E-state index in [1.807, 2.05) is 41.3 Å². The maximum absolute atomic E-state index is 12.5. The molecule has 148 valence electrons. The molecule has 1 unspecified atom stereocenters. The van der Waals surface area contributed by atoms with Crippen LogP contribution in [0.15, 0.2) is 48.5 Å². The highest BCUT2D eigenvalue weighted by Gasteiger charge is 2.18. The minimum absolute atomic E-state index is 0.0388. The second-order valence-corrected chi connectivity index (χ2v) is 7.40. The minimum atomic E-state index is 0.0388. The van der Waals surface area contributed by atoms with Gasteiger partial charge in [-0.25, -0.2) is 0 Å². The molecule has 2 N–H and O–H groups in total. The lowest BCUT2D eigenvalue weighted by atomic mass is 9.99. The number of rotatable bonds is 5. The Morgan fingerprint density at radius 1 is 1.04 bits per heavy atom. The predicted octanol–water partition coefficient (Wildman–Crippen LogP) is 4.48. The quantitative estimate of drug-likeness (QED) is 0.729. The van der Waals surface area contributed by atoms with E-state index in [2.05, 4.69) is 36.6 Å². The second-order valence-electron chi connectivity index (χ2n) is 6.99. The number of anilines is 2. The minimum Gasteiger partial charge on any atom is -0.378 e. The van der Waals surface area contributed by atoms with Gasteiger partial charge in [0.1, 0.15) is 0 Å². The molecule has 1 atom stereocenters. The zero-order valence-electron chi connectivity index (χ0n) is 16.4. The second kappa shape index (κ2) is 9.66. The molecule has 0 saturated carbocycles. The summed E-state index contributed by atoms with van der Waals surface area (Å²) in [5.41, 5.74) is 3.79. The number of morpholine rings is 1. The third-order valence-corrected chi connectivity index (χ3v) is 5.24. The SMILES string of the molecule is CCC(C)c1ccc(NC(=S)Nc2ccc(C(=O)N3CCOCC3)cc2)cc1. The van der Waals surface area contributed by atoms with Crippen LogP contribution in [-0.2, 0) is 4.74 Å². The normalized spacial score (nSPS) is 15.0. The van der Waals surface area contributed by atoms with Gasteiger partial charge in [0.15, 0.2) is 5.11 Å². The standard InChI is InChI=1S/C22H27N3O2S/c1-3-16(2)17-4-8-19(9-5-17)23-22(28)24-20-10-6-18(7-11-20)21(26)25-12-14-27-15-13-25/h4-11,16H,3,12-15H2,1-2H3,(H2,23,24,28). The van der Waals surface area contributed by atoms with Crippen LogP contribution < -0.4 is 10.6 Å². The molecule has 1 aliphatic heterocycles. The van der Waals surface area contributed by atoms with Crippen LogP contribution in [-0.4, -0.2) is 42.2 Å². The van der Waals surface area contributed by atoms with E-state index in [1.54, 1.807) is 0 Å². The summed E-state index contributed by atoms with van der Waals surface area (Å²) in [6.07, 6.45) is 1.12. The van der Waals surface area contributed by atoms with Gasteiger partial charge in [0, 0.05) is 30.0 Å². The molecule has 0 aliphatic carbocycles. The van der Waals surface area contributed by atoms with Crippen LogP contribution in [0.3, 0.4) is 0 Å². The molecule has 2 aromatic rings. The van der Waals surface area contributed by atoms with Gasteiger partial charge < -0.3 is 20.3 Å². The lowest BCUT2D eigenvalue weighted by molar-refractivity contribution is 0.0303. The van der Waals surface area contributed by atoms with Crippen LogP contribution in [0.2, 0.25) is 0 Å². The molecular weight excluding hydrogens is 370 g/mol. The molecule has 1 aliphatic rings. The largest absolute Gasteiger partial charge is 0.378 e. The highest BCUT2D eigenvalue weighted by molar-refractivity contribution is 7.80. The van der Waals surface area contributed by atoms with Crippen LogP contribution >= 0.6 is 12.2 Å². The third-order valence-electron chi connectivity index (χ3n) is 5.04. The third kappa shape index (κ3) is 5.30. The van der Waals surface area contributed by atoms with E-state index < -0.39 is 0 Å². The Kier molecular flexibility index (Phi) is 7.01. The first kappa shape index (κ1) is 20.3. The Morgan fingerprint density at radius 3 is 2.11 bits per heavy atom. The molecule has 1 heterocycles. The lowest BCUT2D eigenvalue weighted by Crippen LogP contribution is -2.40. The van der Waals surface area contributed by atoms with Gasteiger partial charge in [-0.3, -0.25) is 4.79 Å². The molecular formula is C22H27N3O2S. The molecule has 5 nitrogen and oxygen atoms in total. The average molecular weight is 398 g/mol. The number of nitrogens with zero attached hydrogens (tertiary/aromatic N) is 1. The number of benzene rings is 2. The molecule has 2 aromatic carbocycles. The maximum Gasteiger partial charge on any atom is 0.254 e. The molecule has 1 amide bonds. The van der Waals surface area contributed by atoms with E-state index in [0.29, 0.717) is 42.9 Å². The van der Waals surface area contributed by atoms with Gasteiger partial charge in [-0.15, -0.1) is 0 Å². The van der Waals surface area contributed by atoms with E-state index >= 15 is 0 Å². The predicted molar refractivity (Wildman–Crippen MR) is 118 cm³/mol. The Morgan fingerprint density at radius 2 is 1.57 bits per heavy atom. The summed E-state index contributed by atoms with van der Waals surface area (Å²) in [5, 5.41) is 6.87. The van der Waals surface area contributed by atoms with Gasteiger partial charge >= 0.3 is 0 Å². The Balaban J connectivity index is 1.54. The van der Waals surface area contributed by atoms with Crippen molar-refractivity contribution < 1.29 is 9.53 Å². The fraction of sp³-hybridized carbons (Fsp3) is 0.364. The van der Waals surface area contributed by atoms with Crippen molar-refractivity contribution >= 4 is 34.6 Å². The molecule has 0 radical (unpaired) electrons. The summed E-state index contributed by atoms with van der Waals surface area (Å²) in [6.45, 7) is 6.90. The average Bonchev–Trinajstić information content (AvgIpc) is 2.74. The van der Waals surface area contributed by atoms with E-state index in [9.17, 15) is 4.79 Å². The van der Waals surface area contributed by atoms with E-state index in [0.717, 1.165) is 17.8 Å². The number of ether oxygens (including phenoxy) is 1. The van der Waals surface area contributed by atoms with Crippen molar-refractivity contribution in [1.29, 1.82) is 0 Å². The number of nitrogens with one attached hydrogen (secondary N) is 2. The maximum atomic E-state index is 12.5. The number of hydrogen-bond acceptors (Lipinski definition) is 3. The van der Waals surface area contributed by atoms with Crippen LogP contribution in [0.25, 0.3) is 0 Å².